The first-order chi connectivity index (χ1) is 10.5. The molecule has 6 heteroatoms. The molecule has 3 atom stereocenters. The van der Waals surface area contributed by atoms with Crippen molar-refractivity contribution in [3.8, 4) is 5.75 Å². The molecule has 1 rings (SSSR count). The summed E-state index contributed by atoms with van der Waals surface area (Å²) in [5.74, 6) is 0.0528. The maximum Gasteiger partial charge on any atom is 0.308 e. The summed E-state index contributed by atoms with van der Waals surface area (Å²) in [6.45, 7) is 10.8. The van der Waals surface area contributed by atoms with Gasteiger partial charge in [0.15, 0.2) is 0 Å². The molecule has 0 heterocycles. The zero-order chi connectivity index (χ0) is 17.8. The molecule has 0 fully saturated rings. The molecular formula is C17H27NO4S. The molecule has 0 radical (unpaired) electrons. The lowest BCUT2D eigenvalue weighted by Gasteiger charge is -2.30. The molecule has 130 valence electrons. The van der Waals surface area contributed by atoms with E-state index in [0.717, 1.165) is 5.56 Å². The summed E-state index contributed by atoms with van der Waals surface area (Å²) in [6.07, 6.45) is -0.694. The number of nitrogens with one attached hydrogen (secondary N) is 1. The van der Waals surface area contributed by atoms with E-state index >= 15 is 0 Å². The van der Waals surface area contributed by atoms with Gasteiger partial charge in [0.05, 0.1) is 27.9 Å². The molecule has 0 aromatic heterocycles. The minimum atomic E-state index is -1.31. The third kappa shape index (κ3) is 6.05. The van der Waals surface area contributed by atoms with Crippen LogP contribution in [0.1, 0.15) is 53.1 Å². The predicted octanol–water partition coefficient (Wildman–Crippen LogP) is 2.72. The van der Waals surface area contributed by atoms with E-state index in [9.17, 15) is 14.1 Å². The third-order valence-electron chi connectivity index (χ3n) is 3.32. The van der Waals surface area contributed by atoms with Gasteiger partial charge in [-0.1, -0.05) is 26.0 Å². The minimum absolute atomic E-state index is 0.00221. The van der Waals surface area contributed by atoms with Crippen molar-refractivity contribution in [1.29, 1.82) is 0 Å². The number of carbonyl (C=O) groups excluding carboxylic acids is 1. The number of carbonyl (C=O) groups is 1. The Morgan fingerprint density at radius 2 is 1.74 bits per heavy atom. The van der Waals surface area contributed by atoms with Gasteiger partial charge in [-0.15, -0.1) is 0 Å². The highest BCUT2D eigenvalue weighted by Crippen LogP contribution is 2.26. The molecule has 0 saturated carbocycles. The highest BCUT2D eigenvalue weighted by Gasteiger charge is 2.29. The van der Waals surface area contributed by atoms with Gasteiger partial charge in [0.25, 0.3) is 0 Å². The fraction of sp³-hybridized carbons (Fsp3) is 0.588. The molecule has 5 nitrogen and oxygen atoms in total. The topological polar surface area (TPSA) is 75.6 Å². The Bertz CT molecular complexity index is 549. The Labute approximate surface area is 141 Å². The van der Waals surface area contributed by atoms with E-state index in [1.807, 2.05) is 34.6 Å². The van der Waals surface area contributed by atoms with Gasteiger partial charge in [-0.3, -0.25) is 4.79 Å². The van der Waals surface area contributed by atoms with E-state index in [-0.39, 0.29) is 11.9 Å². The third-order valence-corrected chi connectivity index (χ3v) is 4.90. The van der Waals surface area contributed by atoms with Gasteiger partial charge in [-0.05, 0) is 44.4 Å². The van der Waals surface area contributed by atoms with Gasteiger partial charge in [-0.25, -0.2) is 8.93 Å². The van der Waals surface area contributed by atoms with E-state index in [2.05, 4.69) is 4.72 Å². The number of aliphatic hydroxyl groups is 1. The van der Waals surface area contributed by atoms with Crippen LogP contribution < -0.4 is 9.46 Å². The number of ether oxygens (including phenoxy) is 1. The highest BCUT2D eigenvalue weighted by atomic mass is 32.2. The van der Waals surface area contributed by atoms with Crippen molar-refractivity contribution < 1.29 is 18.8 Å². The van der Waals surface area contributed by atoms with Gasteiger partial charge in [0.2, 0.25) is 0 Å². The number of benzene rings is 1. The Hall–Kier alpha value is -1.24. The van der Waals surface area contributed by atoms with E-state index in [0.29, 0.717) is 5.75 Å². The number of esters is 1. The van der Waals surface area contributed by atoms with Crippen LogP contribution in [0.4, 0.5) is 0 Å². The van der Waals surface area contributed by atoms with Crippen LogP contribution in [0, 0.1) is 5.92 Å². The van der Waals surface area contributed by atoms with Crippen molar-refractivity contribution in [2.45, 2.75) is 58.4 Å². The Balaban J connectivity index is 3.04. The molecule has 0 spiro atoms. The maximum absolute atomic E-state index is 12.4. The molecule has 1 aromatic carbocycles. The molecule has 1 aromatic rings. The first-order valence-electron chi connectivity index (χ1n) is 7.67. The molecule has 0 saturated heterocycles. The normalized spacial score (nSPS) is 16.0. The second kappa shape index (κ2) is 8.04. The average Bonchev–Trinajstić information content (AvgIpc) is 2.43. The van der Waals surface area contributed by atoms with Crippen LogP contribution in [-0.4, -0.2) is 26.1 Å². The monoisotopic (exact) mass is 341 g/mol. The fourth-order valence-electron chi connectivity index (χ4n) is 1.92. The summed E-state index contributed by atoms with van der Waals surface area (Å²) >= 11 is 0. The summed E-state index contributed by atoms with van der Waals surface area (Å²) < 4.78 is 20.0. The summed E-state index contributed by atoms with van der Waals surface area (Å²) in [4.78, 5) is 11.0. The van der Waals surface area contributed by atoms with Crippen molar-refractivity contribution >= 4 is 17.0 Å². The number of rotatable bonds is 6. The van der Waals surface area contributed by atoms with Gasteiger partial charge in [0, 0.05) is 6.92 Å². The summed E-state index contributed by atoms with van der Waals surface area (Å²) in [5, 5.41) is 10.5. The first kappa shape index (κ1) is 19.8. The Morgan fingerprint density at radius 3 is 2.13 bits per heavy atom. The van der Waals surface area contributed by atoms with E-state index in [1.54, 1.807) is 24.3 Å². The second-order valence-corrected chi connectivity index (χ2v) is 8.87. The lowest BCUT2D eigenvalue weighted by molar-refractivity contribution is -0.131. The van der Waals surface area contributed by atoms with Crippen LogP contribution >= 0.6 is 0 Å². The smallest absolute Gasteiger partial charge is 0.308 e. The lowest BCUT2D eigenvalue weighted by Crippen LogP contribution is -2.41. The average molecular weight is 341 g/mol. The zero-order valence-corrected chi connectivity index (χ0v) is 15.4. The van der Waals surface area contributed by atoms with Crippen LogP contribution in [0.25, 0.3) is 0 Å². The van der Waals surface area contributed by atoms with Crippen molar-refractivity contribution in [1.82, 2.24) is 4.72 Å². The molecule has 0 amide bonds. The number of hydrogen-bond donors (Lipinski definition) is 2. The van der Waals surface area contributed by atoms with E-state index in [1.165, 1.54) is 6.92 Å². The van der Waals surface area contributed by atoms with Gasteiger partial charge in [-0.2, -0.15) is 0 Å². The molecule has 1 unspecified atom stereocenters. The predicted molar refractivity (Wildman–Crippen MR) is 92.4 cm³/mol. The van der Waals surface area contributed by atoms with Crippen molar-refractivity contribution in [3.05, 3.63) is 29.8 Å². The maximum atomic E-state index is 12.4. The van der Waals surface area contributed by atoms with Crippen molar-refractivity contribution in [2.24, 2.45) is 5.92 Å². The molecular weight excluding hydrogens is 314 g/mol. The SMILES string of the molecule is CC(=O)Oc1ccc([C@H](NS(=O)C(C)(C)C)[C@H](O)C(C)C)cc1. The van der Waals surface area contributed by atoms with Crippen LogP contribution in [0.5, 0.6) is 5.75 Å². The number of aliphatic hydroxyl groups excluding tert-OH is 1. The van der Waals surface area contributed by atoms with E-state index < -0.39 is 27.9 Å². The summed E-state index contributed by atoms with van der Waals surface area (Å²) in [6, 6.07) is 6.39. The van der Waals surface area contributed by atoms with Gasteiger partial charge >= 0.3 is 5.97 Å². The number of hydrogen-bond acceptors (Lipinski definition) is 4. The molecule has 0 bridgehead atoms. The fourth-order valence-corrected chi connectivity index (χ4v) is 2.78. The minimum Gasteiger partial charge on any atom is -0.427 e. The first-order valence-corrected chi connectivity index (χ1v) is 8.82. The van der Waals surface area contributed by atoms with Crippen LogP contribution in [0.15, 0.2) is 24.3 Å². The lowest BCUT2D eigenvalue weighted by atomic mass is 9.94. The van der Waals surface area contributed by atoms with Crippen molar-refractivity contribution in [2.75, 3.05) is 0 Å². The zero-order valence-electron chi connectivity index (χ0n) is 14.6. The largest absolute Gasteiger partial charge is 0.427 e. The van der Waals surface area contributed by atoms with Crippen LogP contribution in [0.2, 0.25) is 0 Å². The summed E-state index contributed by atoms with van der Waals surface area (Å²) in [5.41, 5.74) is 0.791. The van der Waals surface area contributed by atoms with Crippen molar-refractivity contribution in [3.63, 3.8) is 0 Å². The Kier molecular flexibility index (Phi) is 6.92. The molecule has 0 aliphatic rings. The molecule has 0 aliphatic carbocycles. The van der Waals surface area contributed by atoms with Crippen LogP contribution in [0.3, 0.4) is 0 Å². The molecule has 2 N–H and O–H groups in total. The quantitative estimate of drug-likeness (QED) is 0.616. The van der Waals surface area contributed by atoms with Gasteiger partial charge < -0.3 is 9.84 Å². The molecule has 23 heavy (non-hydrogen) atoms. The van der Waals surface area contributed by atoms with Crippen LogP contribution in [-0.2, 0) is 15.8 Å². The summed E-state index contributed by atoms with van der Waals surface area (Å²) in [7, 11) is -1.31. The second-order valence-electron chi connectivity index (χ2n) is 6.87. The standard InChI is InChI=1S/C17H27NO4S/c1-11(2)16(20)15(18-23(21)17(4,5)6)13-7-9-14(10-8-13)22-12(3)19/h7-11,15-16,18,20H,1-6H3/t15-,16+,23?/m0/s1. The molecule has 0 aliphatic heterocycles. The Morgan fingerprint density at radius 1 is 1.22 bits per heavy atom. The highest BCUT2D eigenvalue weighted by molar-refractivity contribution is 7.84. The van der Waals surface area contributed by atoms with Gasteiger partial charge in [0.1, 0.15) is 5.75 Å². The van der Waals surface area contributed by atoms with E-state index in [4.69, 9.17) is 4.74 Å².